The maximum atomic E-state index is 12.2. The van der Waals surface area contributed by atoms with Gasteiger partial charge in [0, 0.05) is 30.3 Å². The molecule has 0 aliphatic heterocycles. The van der Waals surface area contributed by atoms with E-state index in [9.17, 15) is 9.90 Å². The first-order chi connectivity index (χ1) is 11.5. The summed E-state index contributed by atoms with van der Waals surface area (Å²) >= 11 is 11.8. The van der Waals surface area contributed by atoms with Crippen LogP contribution in [0.15, 0.2) is 48.7 Å². The largest absolute Gasteiger partial charge is 0.387 e. The number of hydrogen-bond acceptors (Lipinski definition) is 2. The van der Waals surface area contributed by atoms with Gasteiger partial charge >= 0.3 is 0 Å². The van der Waals surface area contributed by atoms with Crippen LogP contribution in [0.2, 0.25) is 10.0 Å². The number of aliphatic hydroxyl groups excluding tert-OH is 1. The minimum atomic E-state index is -0.801. The molecule has 124 valence electrons. The number of benzene rings is 2. The van der Waals surface area contributed by atoms with E-state index in [-0.39, 0.29) is 17.5 Å². The fraction of sp³-hybridized carbons (Fsp3) is 0.167. The normalized spacial score (nSPS) is 12.3. The van der Waals surface area contributed by atoms with E-state index in [1.54, 1.807) is 12.1 Å². The van der Waals surface area contributed by atoms with Gasteiger partial charge in [-0.25, -0.2) is 0 Å². The Morgan fingerprint density at radius 3 is 2.75 bits per heavy atom. The number of hydrogen-bond donors (Lipinski definition) is 2. The van der Waals surface area contributed by atoms with Crippen molar-refractivity contribution in [3.8, 4) is 0 Å². The molecule has 0 aliphatic carbocycles. The van der Waals surface area contributed by atoms with Gasteiger partial charge in [-0.2, -0.15) is 0 Å². The second-order valence-electron chi connectivity index (χ2n) is 5.59. The van der Waals surface area contributed by atoms with E-state index in [0.717, 1.165) is 16.5 Å². The molecule has 1 aromatic heterocycles. The summed E-state index contributed by atoms with van der Waals surface area (Å²) in [4.78, 5) is 12.2. The Kier molecular flexibility index (Phi) is 4.81. The lowest BCUT2D eigenvalue weighted by Crippen LogP contribution is -2.28. The van der Waals surface area contributed by atoms with E-state index in [1.807, 2.05) is 42.1 Å². The van der Waals surface area contributed by atoms with Gasteiger partial charge < -0.3 is 15.0 Å². The minimum absolute atomic E-state index is 0.0934. The average molecular weight is 363 g/mol. The van der Waals surface area contributed by atoms with Crippen LogP contribution < -0.4 is 5.32 Å². The summed E-state index contributed by atoms with van der Waals surface area (Å²) in [6.45, 7) is 0.0934. The molecule has 2 N–H and O–H groups in total. The summed E-state index contributed by atoms with van der Waals surface area (Å²) < 4.78 is 2.01. The number of aromatic nitrogens is 1. The van der Waals surface area contributed by atoms with Gasteiger partial charge in [-0.05, 0) is 47.3 Å². The van der Waals surface area contributed by atoms with Crippen LogP contribution in [-0.4, -0.2) is 22.1 Å². The number of nitrogens with one attached hydrogen (secondary N) is 1. The zero-order valence-electron chi connectivity index (χ0n) is 13.0. The van der Waals surface area contributed by atoms with Crippen molar-refractivity contribution in [3.05, 3.63) is 69.8 Å². The predicted molar refractivity (Wildman–Crippen MR) is 96.7 cm³/mol. The third-order valence-electron chi connectivity index (χ3n) is 3.93. The zero-order valence-corrected chi connectivity index (χ0v) is 14.5. The number of nitrogens with zero attached hydrogens (tertiary/aromatic N) is 1. The quantitative estimate of drug-likeness (QED) is 0.738. The molecule has 24 heavy (non-hydrogen) atoms. The first-order valence-corrected chi connectivity index (χ1v) is 8.17. The highest BCUT2D eigenvalue weighted by Crippen LogP contribution is 2.22. The molecule has 1 unspecified atom stereocenters. The molecule has 6 heteroatoms. The summed E-state index contributed by atoms with van der Waals surface area (Å²) in [6, 6.07) is 12.4. The molecule has 3 aromatic rings. The highest BCUT2D eigenvalue weighted by molar-refractivity contribution is 6.36. The lowest BCUT2D eigenvalue weighted by atomic mass is 10.1. The maximum Gasteiger partial charge on any atom is 0.252 e. The Morgan fingerprint density at radius 1 is 1.21 bits per heavy atom. The number of fused-ring (bicyclic) bond motifs is 1. The molecule has 1 amide bonds. The lowest BCUT2D eigenvalue weighted by molar-refractivity contribution is 0.0916. The highest BCUT2D eigenvalue weighted by Gasteiger charge is 2.14. The van der Waals surface area contributed by atoms with E-state index >= 15 is 0 Å². The number of carbonyl (C=O) groups is 1. The van der Waals surface area contributed by atoms with Crippen LogP contribution in [0.5, 0.6) is 0 Å². The van der Waals surface area contributed by atoms with Gasteiger partial charge in [0.15, 0.2) is 0 Å². The van der Waals surface area contributed by atoms with E-state index in [2.05, 4.69) is 5.32 Å². The Labute approximate surface area is 149 Å². The third kappa shape index (κ3) is 3.41. The number of halogens is 2. The van der Waals surface area contributed by atoms with Gasteiger partial charge in [-0.15, -0.1) is 0 Å². The highest BCUT2D eigenvalue weighted by atomic mass is 35.5. The molecule has 3 rings (SSSR count). The van der Waals surface area contributed by atoms with Crippen molar-refractivity contribution >= 4 is 40.0 Å². The molecule has 0 radical (unpaired) electrons. The smallest absolute Gasteiger partial charge is 0.252 e. The van der Waals surface area contributed by atoms with Crippen molar-refractivity contribution in [2.45, 2.75) is 6.10 Å². The standard InChI is InChI=1S/C18H16Cl2N2O2/c1-22-7-6-11-8-12(2-5-16(11)22)17(23)10-21-18(24)14-4-3-13(19)9-15(14)20/h2-9,17,23H,10H2,1H3,(H,21,24). The zero-order chi connectivity index (χ0) is 17.3. The maximum absolute atomic E-state index is 12.2. The number of amides is 1. The molecular weight excluding hydrogens is 347 g/mol. The second kappa shape index (κ2) is 6.85. The molecule has 0 spiro atoms. The van der Waals surface area contributed by atoms with Crippen LogP contribution in [-0.2, 0) is 7.05 Å². The van der Waals surface area contributed by atoms with Gasteiger partial charge in [0.2, 0.25) is 0 Å². The van der Waals surface area contributed by atoms with E-state index in [4.69, 9.17) is 23.2 Å². The van der Waals surface area contributed by atoms with E-state index < -0.39 is 6.10 Å². The summed E-state index contributed by atoms with van der Waals surface area (Å²) in [6.07, 6.45) is 1.16. The SMILES string of the molecule is Cn1ccc2cc(C(O)CNC(=O)c3ccc(Cl)cc3Cl)ccc21. The molecule has 1 atom stereocenters. The fourth-order valence-corrected chi connectivity index (χ4v) is 3.08. The number of rotatable bonds is 4. The van der Waals surface area contributed by atoms with E-state index in [1.165, 1.54) is 6.07 Å². The second-order valence-corrected chi connectivity index (χ2v) is 6.44. The van der Waals surface area contributed by atoms with Gasteiger partial charge in [-0.1, -0.05) is 29.3 Å². The average Bonchev–Trinajstić information content (AvgIpc) is 2.93. The first-order valence-electron chi connectivity index (χ1n) is 7.42. The molecule has 2 aromatic carbocycles. The number of aliphatic hydroxyl groups is 1. The Bertz CT molecular complexity index is 905. The van der Waals surface area contributed by atoms with Crippen molar-refractivity contribution in [2.75, 3.05) is 6.54 Å². The van der Waals surface area contributed by atoms with Gasteiger partial charge in [0.1, 0.15) is 0 Å². The Morgan fingerprint density at radius 2 is 2.00 bits per heavy atom. The van der Waals surface area contributed by atoms with Crippen LogP contribution >= 0.6 is 23.2 Å². The number of aryl methyl sites for hydroxylation is 1. The molecule has 0 aliphatic rings. The molecular formula is C18H16Cl2N2O2. The molecule has 0 bridgehead atoms. The molecule has 0 saturated carbocycles. The van der Waals surface area contributed by atoms with Gasteiger partial charge in [-0.3, -0.25) is 4.79 Å². The van der Waals surface area contributed by atoms with E-state index in [0.29, 0.717) is 10.6 Å². The lowest BCUT2D eigenvalue weighted by Gasteiger charge is -2.13. The van der Waals surface area contributed by atoms with Crippen molar-refractivity contribution < 1.29 is 9.90 Å². The van der Waals surface area contributed by atoms with Gasteiger partial charge in [0.05, 0.1) is 16.7 Å². The fourth-order valence-electron chi connectivity index (χ4n) is 2.58. The van der Waals surface area contributed by atoms with Crippen LogP contribution in [0.3, 0.4) is 0 Å². The van der Waals surface area contributed by atoms with Crippen LogP contribution in [0, 0.1) is 0 Å². The van der Waals surface area contributed by atoms with Crippen LogP contribution in [0.1, 0.15) is 22.0 Å². The third-order valence-corrected chi connectivity index (χ3v) is 4.47. The molecule has 0 fully saturated rings. The summed E-state index contributed by atoms with van der Waals surface area (Å²) in [5.74, 6) is -0.350. The molecule has 4 nitrogen and oxygen atoms in total. The molecule has 0 saturated heterocycles. The monoisotopic (exact) mass is 362 g/mol. The van der Waals surface area contributed by atoms with Crippen molar-refractivity contribution in [3.63, 3.8) is 0 Å². The van der Waals surface area contributed by atoms with Crippen molar-refractivity contribution in [2.24, 2.45) is 7.05 Å². The first kappa shape index (κ1) is 16.8. The van der Waals surface area contributed by atoms with Crippen molar-refractivity contribution in [1.82, 2.24) is 9.88 Å². The summed E-state index contributed by atoms with van der Waals surface area (Å²) in [7, 11) is 1.97. The Hall–Kier alpha value is -2.01. The topological polar surface area (TPSA) is 54.3 Å². The Balaban J connectivity index is 1.69. The minimum Gasteiger partial charge on any atom is -0.387 e. The summed E-state index contributed by atoms with van der Waals surface area (Å²) in [5.41, 5.74) is 2.16. The molecule has 1 heterocycles. The predicted octanol–water partition coefficient (Wildman–Crippen LogP) is 3.95. The summed E-state index contributed by atoms with van der Waals surface area (Å²) in [5, 5.41) is 14.8. The van der Waals surface area contributed by atoms with Gasteiger partial charge in [0.25, 0.3) is 5.91 Å². The van der Waals surface area contributed by atoms with Crippen LogP contribution in [0.4, 0.5) is 0 Å². The number of carbonyl (C=O) groups excluding carboxylic acids is 1. The van der Waals surface area contributed by atoms with Crippen molar-refractivity contribution in [1.29, 1.82) is 0 Å². The van der Waals surface area contributed by atoms with Crippen LogP contribution in [0.25, 0.3) is 10.9 Å².